The van der Waals surface area contributed by atoms with Crippen molar-refractivity contribution in [2.45, 2.75) is 0 Å². The Morgan fingerprint density at radius 2 is 2.14 bits per heavy atom. The second-order valence-corrected chi connectivity index (χ2v) is 3.11. The van der Waals surface area contributed by atoms with Gasteiger partial charge in [-0.05, 0) is 10.4 Å². The topological polar surface area (TPSA) is 17.1 Å². The van der Waals surface area contributed by atoms with Crippen LogP contribution in [0.1, 0.15) is 0 Å². The summed E-state index contributed by atoms with van der Waals surface area (Å²) in [5, 5.41) is 1.93. The lowest BCUT2D eigenvalue weighted by Gasteiger charge is -1.94. The molecule has 1 aromatic rings. The molecule has 0 amide bonds. The quantitative estimate of drug-likeness (QED) is 0.572. The minimum Gasteiger partial charge on any atom is -0.298 e. The van der Waals surface area contributed by atoms with Gasteiger partial charge >= 0.3 is 0 Å². The molecule has 0 atom stereocenters. The minimum absolute atomic E-state index is 0.450. The lowest BCUT2D eigenvalue weighted by atomic mass is 10.1. The molecule has 0 radical (unpaired) electrons. The maximum absolute atomic E-state index is 10.8. The van der Waals surface area contributed by atoms with E-state index in [9.17, 15) is 4.79 Å². The average Bonchev–Trinajstić information content (AvgIpc) is 2.23. The first-order valence-corrected chi connectivity index (χ1v) is 4.93. The highest BCUT2D eigenvalue weighted by atomic mass is 32.1. The summed E-state index contributed by atoms with van der Waals surface area (Å²) < 4.78 is 0. The summed E-state index contributed by atoms with van der Waals surface area (Å²) in [6.45, 7) is 3.64. The number of allylic oxidation sites excluding steroid dienone is 1. The summed E-state index contributed by atoms with van der Waals surface area (Å²) in [4.78, 5) is 10.8. The van der Waals surface area contributed by atoms with Crippen molar-refractivity contribution in [1.29, 1.82) is 0 Å². The number of benzene rings is 1. The molecule has 0 saturated heterocycles. The van der Waals surface area contributed by atoms with Gasteiger partial charge in [-0.25, -0.2) is 0 Å². The summed E-state index contributed by atoms with van der Waals surface area (Å²) in [5.41, 5.74) is 0.696. The molecule has 0 fully saturated rings. The zero-order chi connectivity index (χ0) is 10.4. The molecule has 2 heteroatoms. The molecule has 1 rings (SSSR count). The van der Waals surface area contributed by atoms with Crippen LogP contribution in [-0.4, -0.2) is 12.0 Å². The van der Waals surface area contributed by atoms with Crippen molar-refractivity contribution in [2.75, 3.05) is 5.75 Å². The number of carbonyl (C=O) groups is 1. The van der Waals surface area contributed by atoms with Crippen molar-refractivity contribution >= 4 is 30.6 Å². The molecule has 0 aromatic heterocycles. The molecule has 0 aliphatic carbocycles. The van der Waals surface area contributed by atoms with Crippen molar-refractivity contribution in [3.05, 3.63) is 47.4 Å². The number of aldehydes is 1. The maximum atomic E-state index is 10.8. The normalized spacial score (nSPS) is 13.6. The molecule has 14 heavy (non-hydrogen) atoms. The second kappa shape index (κ2) is 5.45. The van der Waals surface area contributed by atoms with E-state index in [1.165, 1.54) is 0 Å². The molecule has 0 aliphatic rings. The van der Waals surface area contributed by atoms with E-state index in [0.717, 1.165) is 16.7 Å². The first-order valence-electron chi connectivity index (χ1n) is 4.30. The Balaban J connectivity index is 3.62. The highest BCUT2D eigenvalue weighted by Gasteiger charge is 1.93. The zero-order valence-corrected chi connectivity index (χ0v) is 8.71. The molecule has 1 nitrogen and oxygen atoms in total. The maximum Gasteiger partial charge on any atom is 0.147 e. The molecule has 72 valence electrons. The Kier molecular flexibility index (Phi) is 4.20. The van der Waals surface area contributed by atoms with Crippen LogP contribution >= 0.6 is 12.6 Å². The lowest BCUT2D eigenvalue weighted by Crippen LogP contribution is -2.27. The van der Waals surface area contributed by atoms with Crippen LogP contribution in [-0.2, 0) is 4.79 Å². The smallest absolute Gasteiger partial charge is 0.147 e. The van der Waals surface area contributed by atoms with E-state index in [2.05, 4.69) is 19.2 Å². The summed E-state index contributed by atoms with van der Waals surface area (Å²) in [7, 11) is 0. The van der Waals surface area contributed by atoms with Crippen LogP contribution in [0.3, 0.4) is 0 Å². The van der Waals surface area contributed by atoms with Crippen LogP contribution in [0.25, 0.3) is 11.6 Å². The number of hydrogen-bond donors (Lipinski definition) is 1. The van der Waals surface area contributed by atoms with Crippen LogP contribution in [0.15, 0.2) is 36.9 Å². The molecule has 0 unspecified atom stereocenters. The number of thiol groups is 1. The van der Waals surface area contributed by atoms with Gasteiger partial charge in [-0.3, -0.25) is 4.79 Å². The van der Waals surface area contributed by atoms with Crippen LogP contribution in [0.2, 0.25) is 0 Å². The van der Waals surface area contributed by atoms with E-state index in [1.807, 2.05) is 30.3 Å². The van der Waals surface area contributed by atoms with E-state index in [-0.39, 0.29) is 0 Å². The lowest BCUT2D eigenvalue weighted by molar-refractivity contribution is -0.103. The molecule has 0 heterocycles. The fourth-order valence-electron chi connectivity index (χ4n) is 1.25. The van der Waals surface area contributed by atoms with Crippen molar-refractivity contribution in [3.63, 3.8) is 0 Å². The molecule has 0 aliphatic heterocycles. The summed E-state index contributed by atoms with van der Waals surface area (Å²) in [5.74, 6) is 0.450. The summed E-state index contributed by atoms with van der Waals surface area (Å²) in [6.07, 6.45) is 4.44. The first kappa shape index (κ1) is 10.8. The third kappa shape index (κ3) is 2.36. The van der Waals surface area contributed by atoms with Gasteiger partial charge < -0.3 is 0 Å². The fraction of sp³-hybridized carbons (Fsp3) is 0.0833. The van der Waals surface area contributed by atoms with Gasteiger partial charge in [-0.1, -0.05) is 43.0 Å². The average molecular weight is 204 g/mol. The summed E-state index contributed by atoms with van der Waals surface area (Å²) in [6, 6.07) is 7.70. The van der Waals surface area contributed by atoms with Crippen LogP contribution in [0.4, 0.5) is 0 Å². The third-order valence-corrected chi connectivity index (χ3v) is 2.26. The largest absolute Gasteiger partial charge is 0.298 e. The van der Waals surface area contributed by atoms with Gasteiger partial charge in [0.15, 0.2) is 0 Å². The standard InChI is InChI=1S/C12H12OS/c1-2-5-10-6-3-4-7-12(10)11(8-13)9-14/h2-8,14H,1,9H2/b10-5-,12-11-. The fourth-order valence-corrected chi connectivity index (χ4v) is 1.49. The Morgan fingerprint density at radius 1 is 1.43 bits per heavy atom. The Morgan fingerprint density at radius 3 is 2.71 bits per heavy atom. The van der Waals surface area contributed by atoms with Crippen LogP contribution in [0, 0.1) is 0 Å². The Hall–Kier alpha value is -1.28. The van der Waals surface area contributed by atoms with Crippen molar-refractivity contribution in [2.24, 2.45) is 0 Å². The first-order chi connectivity index (χ1) is 6.83. The van der Waals surface area contributed by atoms with Crippen molar-refractivity contribution < 1.29 is 4.79 Å². The monoisotopic (exact) mass is 204 g/mol. The molecule has 0 saturated carbocycles. The Bertz CT molecular complexity index is 446. The predicted molar refractivity (Wildman–Crippen MR) is 63.7 cm³/mol. The zero-order valence-electron chi connectivity index (χ0n) is 7.81. The van der Waals surface area contributed by atoms with E-state index >= 15 is 0 Å². The number of hydrogen-bond acceptors (Lipinski definition) is 2. The molecule has 0 spiro atoms. The van der Waals surface area contributed by atoms with Crippen LogP contribution < -0.4 is 10.4 Å². The second-order valence-electron chi connectivity index (χ2n) is 2.79. The van der Waals surface area contributed by atoms with Crippen molar-refractivity contribution in [1.82, 2.24) is 0 Å². The third-order valence-electron chi connectivity index (χ3n) is 1.92. The van der Waals surface area contributed by atoms with Gasteiger partial charge in [0.2, 0.25) is 0 Å². The minimum atomic E-state index is 0.450. The van der Waals surface area contributed by atoms with Gasteiger partial charge in [0.05, 0.1) is 0 Å². The van der Waals surface area contributed by atoms with Crippen LogP contribution in [0.5, 0.6) is 0 Å². The number of carbonyl (C=O) groups excluding carboxylic acids is 1. The number of rotatable bonds is 3. The van der Waals surface area contributed by atoms with Gasteiger partial charge in [0.25, 0.3) is 0 Å². The van der Waals surface area contributed by atoms with E-state index in [1.54, 1.807) is 6.08 Å². The van der Waals surface area contributed by atoms with Gasteiger partial charge in [0.1, 0.15) is 6.29 Å². The van der Waals surface area contributed by atoms with Gasteiger partial charge in [-0.15, -0.1) is 0 Å². The molecule has 1 aromatic carbocycles. The van der Waals surface area contributed by atoms with Crippen molar-refractivity contribution in [3.8, 4) is 0 Å². The molecule has 0 N–H and O–H groups in total. The summed E-state index contributed by atoms with van der Waals surface area (Å²) >= 11 is 4.11. The van der Waals surface area contributed by atoms with E-state index in [4.69, 9.17) is 0 Å². The molecule has 0 bridgehead atoms. The molecular weight excluding hydrogens is 192 g/mol. The Labute approximate surface area is 88.9 Å². The van der Waals surface area contributed by atoms with Gasteiger partial charge in [0, 0.05) is 11.3 Å². The van der Waals surface area contributed by atoms with Gasteiger partial charge in [-0.2, -0.15) is 12.6 Å². The van der Waals surface area contributed by atoms with E-state index in [0.29, 0.717) is 11.3 Å². The van der Waals surface area contributed by atoms with E-state index < -0.39 is 0 Å². The highest BCUT2D eigenvalue weighted by Crippen LogP contribution is 1.89. The predicted octanol–water partition coefficient (Wildman–Crippen LogP) is 0.932. The molecular formula is C12H12OS. The SMILES string of the molecule is C=C/C=c1/cccc/c1=C(\C=O)CS. The highest BCUT2D eigenvalue weighted by molar-refractivity contribution is 7.80.